The van der Waals surface area contributed by atoms with Gasteiger partial charge in [0.25, 0.3) is 0 Å². The molecule has 0 radical (unpaired) electrons. The highest BCUT2D eigenvalue weighted by atomic mass is 32.2. The lowest BCUT2D eigenvalue weighted by molar-refractivity contribution is -0.141. The monoisotopic (exact) mass is 547 g/mol. The second-order valence-corrected chi connectivity index (χ2v) is 11.2. The number of anilines is 1. The van der Waals surface area contributed by atoms with Crippen molar-refractivity contribution in [2.45, 2.75) is 65.6 Å². The Hall–Kier alpha value is -3.27. The molecule has 9 nitrogen and oxygen atoms in total. The predicted octanol–water partition coefficient (Wildman–Crippen LogP) is 3.97. The molecule has 2 aromatic rings. The molecule has 0 bridgehead atoms. The van der Waals surface area contributed by atoms with Gasteiger partial charge in [-0.1, -0.05) is 19.1 Å². The zero-order chi connectivity index (χ0) is 28.3. The van der Waals surface area contributed by atoms with Crippen LogP contribution in [0.15, 0.2) is 48.5 Å². The number of sulfonamides is 1. The normalized spacial score (nSPS) is 12.1. The summed E-state index contributed by atoms with van der Waals surface area (Å²) in [6.07, 6.45) is 1.95. The SMILES string of the molecule is CCOc1ccc(N(CCCC(=O)N(Cc2cccc(OC)c2)C(CC)C(=O)NC(C)C)S(C)(=O)=O)cc1. The fourth-order valence-corrected chi connectivity index (χ4v) is 5.11. The molecule has 0 fully saturated rings. The molecule has 210 valence electrons. The van der Waals surface area contributed by atoms with Gasteiger partial charge < -0.3 is 19.7 Å². The maximum Gasteiger partial charge on any atom is 0.243 e. The Bertz CT molecular complexity index is 1150. The van der Waals surface area contributed by atoms with Crippen LogP contribution in [0.25, 0.3) is 0 Å². The van der Waals surface area contributed by atoms with Crippen LogP contribution in [0.2, 0.25) is 0 Å². The van der Waals surface area contributed by atoms with E-state index in [0.717, 1.165) is 11.8 Å². The van der Waals surface area contributed by atoms with Crippen molar-refractivity contribution in [3.63, 3.8) is 0 Å². The molecule has 0 aliphatic carbocycles. The van der Waals surface area contributed by atoms with Gasteiger partial charge in [0.1, 0.15) is 17.5 Å². The van der Waals surface area contributed by atoms with E-state index in [4.69, 9.17) is 9.47 Å². The van der Waals surface area contributed by atoms with Gasteiger partial charge >= 0.3 is 0 Å². The van der Waals surface area contributed by atoms with Crippen molar-refractivity contribution in [1.29, 1.82) is 0 Å². The summed E-state index contributed by atoms with van der Waals surface area (Å²) >= 11 is 0. The lowest BCUT2D eigenvalue weighted by atomic mass is 10.1. The van der Waals surface area contributed by atoms with Crippen molar-refractivity contribution in [3.8, 4) is 11.5 Å². The minimum Gasteiger partial charge on any atom is -0.497 e. The number of hydrogen-bond acceptors (Lipinski definition) is 6. The van der Waals surface area contributed by atoms with Crippen LogP contribution >= 0.6 is 0 Å². The molecule has 0 aliphatic heterocycles. The fourth-order valence-electron chi connectivity index (χ4n) is 4.15. The minimum atomic E-state index is -3.58. The Labute approximate surface area is 227 Å². The Morgan fingerprint density at radius 3 is 2.26 bits per heavy atom. The topological polar surface area (TPSA) is 105 Å². The third kappa shape index (κ3) is 9.24. The van der Waals surface area contributed by atoms with E-state index in [1.165, 1.54) is 4.31 Å². The van der Waals surface area contributed by atoms with Gasteiger partial charge in [0.05, 0.1) is 25.7 Å². The molecular formula is C28H41N3O6S. The third-order valence-electron chi connectivity index (χ3n) is 5.89. The number of methoxy groups -OCH3 is 1. The highest BCUT2D eigenvalue weighted by molar-refractivity contribution is 7.92. The van der Waals surface area contributed by atoms with Crippen molar-refractivity contribution in [2.75, 3.05) is 30.8 Å². The van der Waals surface area contributed by atoms with Gasteiger partial charge in [-0.2, -0.15) is 0 Å². The first kappa shape index (κ1) is 31.0. The van der Waals surface area contributed by atoms with E-state index in [9.17, 15) is 18.0 Å². The van der Waals surface area contributed by atoms with Gasteiger partial charge in [-0.05, 0) is 75.6 Å². The number of nitrogens with zero attached hydrogens (tertiary/aromatic N) is 2. The molecule has 2 aromatic carbocycles. The summed E-state index contributed by atoms with van der Waals surface area (Å²) in [7, 11) is -2.00. The first-order chi connectivity index (χ1) is 18.0. The second-order valence-electron chi connectivity index (χ2n) is 9.33. The number of amides is 2. The number of benzene rings is 2. The van der Waals surface area contributed by atoms with Gasteiger partial charge in [-0.3, -0.25) is 13.9 Å². The summed E-state index contributed by atoms with van der Waals surface area (Å²) in [6, 6.07) is 13.5. The van der Waals surface area contributed by atoms with Crippen molar-refractivity contribution >= 4 is 27.5 Å². The van der Waals surface area contributed by atoms with Crippen LogP contribution in [0.1, 0.15) is 52.5 Å². The molecule has 2 rings (SSSR count). The summed E-state index contributed by atoms with van der Waals surface area (Å²) in [4.78, 5) is 28.1. The zero-order valence-corrected chi connectivity index (χ0v) is 24.1. The third-order valence-corrected chi connectivity index (χ3v) is 7.09. The summed E-state index contributed by atoms with van der Waals surface area (Å²) in [5, 5.41) is 2.91. The van der Waals surface area contributed by atoms with Crippen LogP contribution in [-0.4, -0.2) is 63.7 Å². The first-order valence-corrected chi connectivity index (χ1v) is 14.8. The molecule has 0 saturated heterocycles. The van der Waals surface area contributed by atoms with Crippen molar-refractivity contribution in [3.05, 3.63) is 54.1 Å². The van der Waals surface area contributed by atoms with Crippen LogP contribution in [0.5, 0.6) is 11.5 Å². The molecule has 1 unspecified atom stereocenters. The summed E-state index contributed by atoms with van der Waals surface area (Å²) in [5.41, 5.74) is 1.33. The standard InChI is InChI=1S/C28H41N3O6S/c1-7-26(28(33)29-21(3)4)30(20-22-11-9-12-25(19-22)36-5)27(32)13-10-18-31(38(6,34)35)23-14-16-24(17-15-23)37-8-2/h9,11-12,14-17,19,21,26H,7-8,10,13,18,20H2,1-6H3,(H,29,33). The van der Waals surface area contributed by atoms with E-state index in [2.05, 4.69) is 5.32 Å². The Balaban J connectivity index is 2.22. The van der Waals surface area contributed by atoms with Crippen LogP contribution < -0.4 is 19.1 Å². The van der Waals surface area contributed by atoms with E-state index in [1.807, 2.05) is 52.0 Å². The van der Waals surface area contributed by atoms with E-state index >= 15 is 0 Å². The largest absolute Gasteiger partial charge is 0.497 e. The molecular weight excluding hydrogens is 506 g/mol. The average molecular weight is 548 g/mol. The maximum absolute atomic E-state index is 13.5. The molecule has 38 heavy (non-hydrogen) atoms. The number of ether oxygens (including phenoxy) is 2. The van der Waals surface area contributed by atoms with Crippen LogP contribution in [0, 0.1) is 0 Å². The second kappa shape index (κ2) is 14.6. The molecule has 0 spiro atoms. The number of rotatable bonds is 15. The Morgan fingerprint density at radius 1 is 1.03 bits per heavy atom. The van der Waals surface area contributed by atoms with Crippen LogP contribution in [0.4, 0.5) is 5.69 Å². The van der Waals surface area contributed by atoms with E-state index in [1.54, 1.807) is 36.3 Å². The maximum atomic E-state index is 13.5. The number of carbonyl (C=O) groups is 2. The molecule has 1 N–H and O–H groups in total. The lowest BCUT2D eigenvalue weighted by Gasteiger charge is -2.31. The van der Waals surface area contributed by atoms with E-state index < -0.39 is 16.1 Å². The van der Waals surface area contributed by atoms with Crippen molar-refractivity contribution in [2.24, 2.45) is 0 Å². The van der Waals surface area contributed by atoms with Gasteiger partial charge in [0, 0.05) is 25.6 Å². The van der Waals surface area contributed by atoms with Crippen molar-refractivity contribution < 1.29 is 27.5 Å². The summed E-state index contributed by atoms with van der Waals surface area (Å²) in [5.74, 6) is 0.872. The molecule has 0 aliphatic rings. The zero-order valence-electron chi connectivity index (χ0n) is 23.3. The summed E-state index contributed by atoms with van der Waals surface area (Å²) < 4.78 is 37.1. The number of nitrogens with one attached hydrogen (secondary N) is 1. The van der Waals surface area contributed by atoms with Gasteiger partial charge in [0.2, 0.25) is 21.8 Å². The lowest BCUT2D eigenvalue weighted by Crippen LogP contribution is -2.50. The highest BCUT2D eigenvalue weighted by Gasteiger charge is 2.29. The highest BCUT2D eigenvalue weighted by Crippen LogP contribution is 2.23. The molecule has 0 heterocycles. The first-order valence-electron chi connectivity index (χ1n) is 12.9. The predicted molar refractivity (Wildman–Crippen MR) is 150 cm³/mol. The number of carbonyl (C=O) groups excluding carboxylic acids is 2. The Kier molecular flexibility index (Phi) is 11.9. The van der Waals surface area contributed by atoms with Gasteiger partial charge in [0.15, 0.2) is 0 Å². The number of hydrogen-bond donors (Lipinski definition) is 1. The van der Waals surface area contributed by atoms with E-state index in [0.29, 0.717) is 30.2 Å². The quantitative estimate of drug-likeness (QED) is 0.362. The van der Waals surface area contributed by atoms with Crippen LogP contribution in [0.3, 0.4) is 0 Å². The minimum absolute atomic E-state index is 0.0669. The van der Waals surface area contributed by atoms with Gasteiger partial charge in [-0.25, -0.2) is 8.42 Å². The van der Waals surface area contributed by atoms with Crippen molar-refractivity contribution in [1.82, 2.24) is 10.2 Å². The molecule has 1 atom stereocenters. The average Bonchev–Trinajstić information content (AvgIpc) is 2.86. The van der Waals surface area contributed by atoms with Gasteiger partial charge in [-0.15, -0.1) is 0 Å². The smallest absolute Gasteiger partial charge is 0.243 e. The molecule has 2 amide bonds. The van der Waals surface area contributed by atoms with Crippen LogP contribution in [-0.2, 0) is 26.2 Å². The Morgan fingerprint density at radius 2 is 1.71 bits per heavy atom. The fraction of sp³-hybridized carbons (Fsp3) is 0.500. The molecule has 0 aromatic heterocycles. The molecule has 10 heteroatoms. The van der Waals surface area contributed by atoms with E-state index in [-0.39, 0.29) is 43.8 Å². The molecule has 0 saturated carbocycles. The summed E-state index contributed by atoms with van der Waals surface area (Å²) in [6.45, 7) is 8.36.